The third-order valence-corrected chi connectivity index (χ3v) is 3.51. The number of hydrogen-bond donors (Lipinski definition) is 0. The Morgan fingerprint density at radius 1 is 0.964 bits per heavy atom. The Bertz CT molecular complexity index is 883. The average Bonchev–Trinajstić information content (AvgIpc) is 2.86. The molecule has 0 unspecified atom stereocenters. The molecule has 0 atom stereocenters. The number of aldehydes is 1. The Labute approximate surface area is 164 Å². The van der Waals surface area contributed by atoms with Crippen molar-refractivity contribution in [2.75, 3.05) is 6.61 Å². The highest BCUT2D eigenvalue weighted by atomic mass is 16.6. The second-order valence-corrected chi connectivity index (χ2v) is 8.46. The highest BCUT2D eigenvalue weighted by Gasteiger charge is 2.20. The fourth-order valence-corrected chi connectivity index (χ4v) is 2.64. The Morgan fingerprint density at radius 2 is 1.57 bits per heavy atom. The number of fused-ring (bicyclic) bond motifs is 1. The van der Waals surface area contributed by atoms with Gasteiger partial charge in [-0.25, -0.2) is 4.79 Å². The average molecular weight is 389 g/mol. The maximum Gasteiger partial charge on any atom is 0.344 e. The SMILES string of the molecule is CC(C)(C)OC(=O)COc1ccc2cc(C=O)n(CC(=O)OC(C)(C)C)c2c1. The van der Waals surface area contributed by atoms with E-state index in [0.717, 1.165) is 5.39 Å². The van der Waals surface area contributed by atoms with Crippen LogP contribution in [0.25, 0.3) is 10.9 Å². The van der Waals surface area contributed by atoms with Gasteiger partial charge in [0.05, 0.1) is 11.2 Å². The predicted octanol–water partition coefficient (Wildman–Crippen LogP) is 3.52. The summed E-state index contributed by atoms with van der Waals surface area (Å²) in [5, 5.41) is 0.773. The highest BCUT2D eigenvalue weighted by molar-refractivity contribution is 5.91. The van der Waals surface area contributed by atoms with Crippen molar-refractivity contribution >= 4 is 29.1 Å². The molecule has 1 heterocycles. The van der Waals surface area contributed by atoms with Gasteiger partial charge >= 0.3 is 11.9 Å². The number of benzene rings is 1. The van der Waals surface area contributed by atoms with E-state index in [4.69, 9.17) is 14.2 Å². The molecule has 7 nitrogen and oxygen atoms in total. The summed E-state index contributed by atoms with van der Waals surface area (Å²) in [7, 11) is 0. The molecule has 0 amide bonds. The molecular formula is C21H27NO6. The van der Waals surface area contributed by atoms with Crippen LogP contribution in [-0.4, -0.2) is 40.6 Å². The molecule has 1 aromatic carbocycles. The molecule has 0 spiro atoms. The molecule has 152 valence electrons. The molecule has 0 aliphatic heterocycles. The summed E-state index contributed by atoms with van der Waals surface area (Å²) in [5.74, 6) is -0.502. The fraction of sp³-hybridized carbons (Fsp3) is 0.476. The van der Waals surface area contributed by atoms with Crippen molar-refractivity contribution in [2.24, 2.45) is 0 Å². The smallest absolute Gasteiger partial charge is 0.344 e. The summed E-state index contributed by atoms with van der Waals surface area (Å²) in [6.07, 6.45) is 0.686. The number of esters is 2. The quantitative estimate of drug-likeness (QED) is 0.555. The van der Waals surface area contributed by atoms with Gasteiger partial charge in [0.2, 0.25) is 0 Å². The fourth-order valence-electron chi connectivity index (χ4n) is 2.64. The maximum atomic E-state index is 12.2. The number of rotatable bonds is 6. The summed E-state index contributed by atoms with van der Waals surface area (Å²) in [4.78, 5) is 35.5. The standard InChI is InChI=1S/C21H27NO6/c1-20(2,3)27-18(24)11-22-15(12-23)9-14-7-8-16(10-17(14)22)26-13-19(25)28-21(4,5)6/h7-10,12H,11,13H2,1-6H3. The summed E-state index contributed by atoms with van der Waals surface area (Å²) in [6, 6.07) is 6.82. The van der Waals surface area contributed by atoms with E-state index in [1.165, 1.54) is 0 Å². The van der Waals surface area contributed by atoms with Crippen LogP contribution in [-0.2, 0) is 25.6 Å². The number of aromatic nitrogens is 1. The van der Waals surface area contributed by atoms with Gasteiger partial charge in [0.1, 0.15) is 23.5 Å². The first-order chi connectivity index (χ1) is 12.9. The molecule has 1 aromatic heterocycles. The Balaban J connectivity index is 2.22. The molecular weight excluding hydrogens is 362 g/mol. The lowest BCUT2D eigenvalue weighted by molar-refractivity contribution is -0.157. The molecule has 0 saturated heterocycles. The summed E-state index contributed by atoms with van der Waals surface area (Å²) >= 11 is 0. The van der Waals surface area contributed by atoms with E-state index in [1.807, 2.05) is 0 Å². The molecule has 0 fully saturated rings. The third-order valence-electron chi connectivity index (χ3n) is 3.51. The van der Waals surface area contributed by atoms with Crippen molar-refractivity contribution in [3.8, 4) is 5.75 Å². The predicted molar refractivity (Wildman–Crippen MR) is 105 cm³/mol. The Hall–Kier alpha value is -2.83. The summed E-state index contributed by atoms with van der Waals surface area (Å²) < 4.78 is 17.6. The molecule has 2 aromatic rings. The lowest BCUT2D eigenvalue weighted by Gasteiger charge is -2.20. The molecule has 2 rings (SSSR count). The van der Waals surface area contributed by atoms with Crippen molar-refractivity contribution < 1.29 is 28.6 Å². The highest BCUT2D eigenvalue weighted by Crippen LogP contribution is 2.25. The monoisotopic (exact) mass is 389 g/mol. The number of carbonyl (C=O) groups is 3. The van der Waals surface area contributed by atoms with Crippen molar-refractivity contribution in [3.05, 3.63) is 30.0 Å². The van der Waals surface area contributed by atoms with Crippen LogP contribution in [0.3, 0.4) is 0 Å². The molecule has 0 aliphatic carbocycles. The minimum atomic E-state index is -0.622. The molecule has 0 bridgehead atoms. The first-order valence-corrected chi connectivity index (χ1v) is 9.03. The number of hydrogen-bond acceptors (Lipinski definition) is 6. The molecule has 0 radical (unpaired) electrons. The largest absolute Gasteiger partial charge is 0.482 e. The van der Waals surface area contributed by atoms with Gasteiger partial charge in [-0.15, -0.1) is 0 Å². The minimum absolute atomic E-state index is 0.107. The van der Waals surface area contributed by atoms with Crippen molar-refractivity contribution in [2.45, 2.75) is 59.3 Å². The van der Waals surface area contributed by atoms with Crippen LogP contribution in [0.1, 0.15) is 52.0 Å². The lowest BCUT2D eigenvalue weighted by atomic mass is 10.2. The third kappa shape index (κ3) is 6.11. The van der Waals surface area contributed by atoms with Gasteiger partial charge in [-0.2, -0.15) is 0 Å². The van der Waals surface area contributed by atoms with Crippen LogP contribution in [0.5, 0.6) is 5.75 Å². The summed E-state index contributed by atoms with van der Waals surface area (Å²) in [6.45, 7) is 10.3. The Morgan fingerprint density at radius 3 is 2.14 bits per heavy atom. The van der Waals surface area contributed by atoms with E-state index < -0.39 is 23.1 Å². The molecule has 0 saturated carbocycles. The normalized spacial score (nSPS) is 11.9. The van der Waals surface area contributed by atoms with Gasteiger partial charge < -0.3 is 18.8 Å². The second-order valence-electron chi connectivity index (χ2n) is 8.46. The molecule has 0 N–H and O–H groups in total. The van der Waals surface area contributed by atoms with E-state index in [9.17, 15) is 14.4 Å². The van der Waals surface area contributed by atoms with Crippen LogP contribution in [0.15, 0.2) is 24.3 Å². The van der Waals surface area contributed by atoms with Crippen LogP contribution >= 0.6 is 0 Å². The molecule has 7 heteroatoms. The number of nitrogens with zero attached hydrogens (tertiary/aromatic N) is 1. The van der Waals surface area contributed by atoms with Gasteiger partial charge in [0, 0.05) is 11.5 Å². The van der Waals surface area contributed by atoms with E-state index in [1.54, 1.807) is 70.4 Å². The topological polar surface area (TPSA) is 83.8 Å². The maximum absolute atomic E-state index is 12.2. The zero-order valence-electron chi connectivity index (χ0n) is 17.2. The lowest BCUT2D eigenvalue weighted by Crippen LogP contribution is -2.27. The van der Waals surface area contributed by atoms with Gasteiger partial charge in [-0.05, 0) is 59.7 Å². The number of carbonyl (C=O) groups excluding carboxylic acids is 3. The Kier molecular flexibility index (Phi) is 6.17. The van der Waals surface area contributed by atoms with Crippen molar-refractivity contribution in [1.82, 2.24) is 4.57 Å². The van der Waals surface area contributed by atoms with E-state index >= 15 is 0 Å². The first-order valence-electron chi connectivity index (χ1n) is 9.03. The first kappa shape index (κ1) is 21.5. The van der Waals surface area contributed by atoms with E-state index in [-0.39, 0.29) is 13.2 Å². The molecule has 0 aliphatic rings. The van der Waals surface area contributed by atoms with Crippen molar-refractivity contribution in [1.29, 1.82) is 0 Å². The van der Waals surface area contributed by atoms with E-state index in [2.05, 4.69) is 0 Å². The van der Waals surface area contributed by atoms with Crippen LogP contribution in [0.2, 0.25) is 0 Å². The van der Waals surface area contributed by atoms with Gasteiger partial charge in [0.15, 0.2) is 12.9 Å². The van der Waals surface area contributed by atoms with Gasteiger partial charge in [-0.3, -0.25) is 9.59 Å². The van der Waals surface area contributed by atoms with Crippen molar-refractivity contribution in [3.63, 3.8) is 0 Å². The zero-order chi connectivity index (χ0) is 21.1. The van der Waals surface area contributed by atoms with Gasteiger partial charge in [0.25, 0.3) is 0 Å². The van der Waals surface area contributed by atoms with Gasteiger partial charge in [-0.1, -0.05) is 0 Å². The van der Waals surface area contributed by atoms with E-state index in [0.29, 0.717) is 23.2 Å². The van der Waals surface area contributed by atoms with Crippen LogP contribution in [0.4, 0.5) is 0 Å². The molecule has 28 heavy (non-hydrogen) atoms. The second kappa shape index (κ2) is 8.04. The van der Waals surface area contributed by atoms with Crippen LogP contribution < -0.4 is 4.74 Å². The number of ether oxygens (including phenoxy) is 3. The zero-order valence-corrected chi connectivity index (χ0v) is 17.2. The van der Waals surface area contributed by atoms with Crippen LogP contribution in [0, 0.1) is 0 Å². The minimum Gasteiger partial charge on any atom is -0.482 e. The summed E-state index contributed by atoms with van der Waals surface area (Å²) in [5.41, 5.74) is -0.228.